The van der Waals surface area contributed by atoms with E-state index in [2.05, 4.69) is 16.0 Å². The summed E-state index contributed by atoms with van der Waals surface area (Å²) in [5.74, 6) is -2.24. The number of alkyl carbamates (subject to hydrolysis) is 1. The van der Waals surface area contributed by atoms with Gasteiger partial charge in [0.2, 0.25) is 11.8 Å². The van der Waals surface area contributed by atoms with Crippen LogP contribution in [-0.2, 0) is 25.7 Å². The SMILES string of the molecule is O=C(O)CNC(=O)CNC(=O)CCNC(=O)OCc1ccccc1. The molecule has 0 saturated carbocycles. The number of hydrogen-bond donors (Lipinski definition) is 4. The van der Waals surface area contributed by atoms with Gasteiger partial charge in [0.25, 0.3) is 0 Å². The summed E-state index contributed by atoms with van der Waals surface area (Å²) in [6.45, 7) is -0.660. The van der Waals surface area contributed by atoms with Crippen LogP contribution in [0.5, 0.6) is 0 Å². The molecule has 0 aromatic heterocycles. The normalized spacial score (nSPS) is 9.67. The molecule has 0 unspecified atom stereocenters. The van der Waals surface area contributed by atoms with Crippen molar-refractivity contribution in [2.45, 2.75) is 13.0 Å². The number of ether oxygens (including phenoxy) is 1. The fourth-order valence-corrected chi connectivity index (χ4v) is 1.56. The summed E-state index contributed by atoms with van der Waals surface area (Å²) >= 11 is 0. The van der Waals surface area contributed by atoms with Gasteiger partial charge in [-0.25, -0.2) is 4.79 Å². The number of benzene rings is 1. The Balaban J connectivity index is 2.08. The van der Waals surface area contributed by atoms with Crippen LogP contribution in [0.25, 0.3) is 0 Å². The lowest BCUT2D eigenvalue weighted by atomic mass is 10.2. The number of hydrogen-bond acceptors (Lipinski definition) is 5. The zero-order chi connectivity index (χ0) is 17.8. The number of carbonyl (C=O) groups excluding carboxylic acids is 3. The van der Waals surface area contributed by atoms with Gasteiger partial charge in [0.1, 0.15) is 13.2 Å². The van der Waals surface area contributed by atoms with Gasteiger partial charge < -0.3 is 25.8 Å². The molecule has 130 valence electrons. The molecule has 0 bridgehead atoms. The van der Waals surface area contributed by atoms with E-state index < -0.39 is 30.4 Å². The highest BCUT2D eigenvalue weighted by molar-refractivity contribution is 5.86. The van der Waals surface area contributed by atoms with Crippen molar-refractivity contribution in [1.82, 2.24) is 16.0 Å². The maximum absolute atomic E-state index is 11.4. The van der Waals surface area contributed by atoms with Crippen LogP contribution >= 0.6 is 0 Å². The van der Waals surface area contributed by atoms with Crippen molar-refractivity contribution < 1.29 is 29.0 Å². The third kappa shape index (κ3) is 9.03. The van der Waals surface area contributed by atoms with Crippen molar-refractivity contribution in [2.24, 2.45) is 0 Å². The molecule has 1 aromatic carbocycles. The average molecular weight is 337 g/mol. The molecule has 0 saturated heterocycles. The largest absolute Gasteiger partial charge is 0.480 e. The minimum atomic E-state index is -1.17. The molecule has 0 aliphatic carbocycles. The number of amides is 3. The Morgan fingerprint density at radius 1 is 0.917 bits per heavy atom. The number of carbonyl (C=O) groups is 4. The van der Waals surface area contributed by atoms with E-state index in [9.17, 15) is 19.2 Å². The van der Waals surface area contributed by atoms with Crippen LogP contribution in [-0.4, -0.2) is 48.6 Å². The average Bonchev–Trinajstić information content (AvgIpc) is 2.57. The van der Waals surface area contributed by atoms with Crippen molar-refractivity contribution in [3.63, 3.8) is 0 Å². The van der Waals surface area contributed by atoms with Crippen molar-refractivity contribution in [1.29, 1.82) is 0 Å². The molecule has 3 amide bonds. The van der Waals surface area contributed by atoms with Crippen LogP contribution in [0.3, 0.4) is 0 Å². The van der Waals surface area contributed by atoms with Gasteiger partial charge in [0, 0.05) is 13.0 Å². The predicted octanol–water partition coefficient (Wildman–Crippen LogP) is -0.380. The van der Waals surface area contributed by atoms with E-state index in [0.717, 1.165) is 5.56 Å². The van der Waals surface area contributed by atoms with E-state index in [0.29, 0.717) is 0 Å². The number of rotatable bonds is 9. The summed E-state index contributed by atoms with van der Waals surface area (Å²) in [6.07, 6.45) is -0.682. The van der Waals surface area contributed by atoms with Gasteiger partial charge in [0.15, 0.2) is 0 Å². The topological polar surface area (TPSA) is 134 Å². The molecule has 1 aromatic rings. The molecule has 9 nitrogen and oxygen atoms in total. The molecule has 0 spiro atoms. The van der Waals surface area contributed by atoms with Crippen LogP contribution in [0.15, 0.2) is 30.3 Å². The standard InChI is InChI=1S/C15H19N3O6/c19-12(17-8-13(20)18-9-14(21)22)6-7-16-15(23)24-10-11-4-2-1-3-5-11/h1-5H,6-10H2,(H,16,23)(H,17,19)(H,18,20)(H,21,22). The highest BCUT2D eigenvalue weighted by Gasteiger charge is 2.08. The van der Waals surface area contributed by atoms with Gasteiger partial charge in [-0.05, 0) is 5.56 Å². The second kappa shape index (κ2) is 10.6. The minimum absolute atomic E-state index is 0.0351. The molecule has 24 heavy (non-hydrogen) atoms. The van der Waals surface area contributed by atoms with Crippen molar-refractivity contribution in [3.05, 3.63) is 35.9 Å². The van der Waals surface area contributed by atoms with E-state index >= 15 is 0 Å². The first kappa shape index (κ1) is 18.9. The van der Waals surface area contributed by atoms with Crippen LogP contribution in [0.4, 0.5) is 4.79 Å². The molecule has 1 rings (SSSR count). The second-order valence-electron chi connectivity index (χ2n) is 4.69. The van der Waals surface area contributed by atoms with E-state index in [4.69, 9.17) is 9.84 Å². The predicted molar refractivity (Wildman–Crippen MR) is 82.9 cm³/mol. The molecule has 0 aliphatic heterocycles. The van der Waals surface area contributed by atoms with Crippen LogP contribution in [0.1, 0.15) is 12.0 Å². The molecule has 0 aliphatic rings. The Hall–Kier alpha value is -3.10. The first-order chi connectivity index (χ1) is 11.5. The van der Waals surface area contributed by atoms with Gasteiger partial charge in [-0.3, -0.25) is 14.4 Å². The van der Waals surface area contributed by atoms with E-state index in [-0.39, 0.29) is 26.1 Å². The Morgan fingerprint density at radius 2 is 1.58 bits per heavy atom. The zero-order valence-corrected chi connectivity index (χ0v) is 12.9. The molecular weight excluding hydrogens is 318 g/mol. The molecule has 0 fully saturated rings. The maximum Gasteiger partial charge on any atom is 0.407 e. The lowest BCUT2D eigenvalue weighted by Gasteiger charge is -2.08. The fraction of sp³-hybridized carbons (Fsp3) is 0.333. The second-order valence-corrected chi connectivity index (χ2v) is 4.69. The summed E-state index contributed by atoms with van der Waals surface area (Å²) in [4.78, 5) is 44.3. The van der Waals surface area contributed by atoms with Crippen LogP contribution in [0, 0.1) is 0 Å². The van der Waals surface area contributed by atoms with E-state index in [1.807, 2.05) is 30.3 Å². The zero-order valence-electron chi connectivity index (χ0n) is 12.9. The first-order valence-electron chi connectivity index (χ1n) is 7.17. The Kier molecular flexibility index (Phi) is 8.37. The number of carboxylic acid groups (broad SMARTS) is 1. The van der Waals surface area contributed by atoms with Gasteiger partial charge in [-0.1, -0.05) is 30.3 Å². The summed E-state index contributed by atoms with van der Waals surface area (Å²) < 4.78 is 4.96. The first-order valence-corrected chi connectivity index (χ1v) is 7.17. The Morgan fingerprint density at radius 3 is 2.25 bits per heavy atom. The number of carboxylic acids is 1. The number of nitrogens with one attached hydrogen (secondary N) is 3. The molecule has 0 atom stereocenters. The van der Waals surface area contributed by atoms with Gasteiger partial charge in [-0.2, -0.15) is 0 Å². The van der Waals surface area contributed by atoms with Crippen LogP contribution < -0.4 is 16.0 Å². The number of aliphatic carboxylic acids is 1. The summed E-state index contributed by atoms with van der Waals surface area (Å²) in [5, 5.41) is 15.2. The minimum Gasteiger partial charge on any atom is -0.480 e. The lowest BCUT2D eigenvalue weighted by Crippen LogP contribution is -2.39. The van der Waals surface area contributed by atoms with Gasteiger partial charge in [0.05, 0.1) is 6.54 Å². The fourth-order valence-electron chi connectivity index (χ4n) is 1.56. The van der Waals surface area contributed by atoms with Gasteiger partial charge >= 0.3 is 12.1 Å². The van der Waals surface area contributed by atoms with Crippen molar-refractivity contribution in [2.75, 3.05) is 19.6 Å². The summed E-state index contributed by atoms with van der Waals surface area (Å²) in [5.41, 5.74) is 0.845. The smallest absolute Gasteiger partial charge is 0.407 e. The van der Waals surface area contributed by atoms with Crippen molar-refractivity contribution >= 4 is 23.9 Å². The molecule has 4 N–H and O–H groups in total. The maximum atomic E-state index is 11.4. The summed E-state index contributed by atoms with van der Waals surface area (Å²) in [6, 6.07) is 9.14. The lowest BCUT2D eigenvalue weighted by molar-refractivity contribution is -0.137. The van der Waals surface area contributed by atoms with E-state index in [1.54, 1.807) is 0 Å². The third-order valence-corrected chi connectivity index (χ3v) is 2.72. The highest BCUT2D eigenvalue weighted by Crippen LogP contribution is 2.00. The Labute approximate surface area is 138 Å². The van der Waals surface area contributed by atoms with Crippen LogP contribution in [0.2, 0.25) is 0 Å². The molecule has 9 heteroatoms. The van der Waals surface area contributed by atoms with E-state index in [1.165, 1.54) is 0 Å². The highest BCUT2D eigenvalue weighted by atomic mass is 16.5. The quantitative estimate of drug-likeness (QED) is 0.485. The third-order valence-electron chi connectivity index (χ3n) is 2.72. The molecule has 0 heterocycles. The molecular formula is C15H19N3O6. The summed E-state index contributed by atoms with van der Waals surface area (Å²) in [7, 11) is 0. The molecule has 0 radical (unpaired) electrons. The Bertz CT molecular complexity index is 576. The monoisotopic (exact) mass is 337 g/mol. The van der Waals surface area contributed by atoms with Crippen molar-refractivity contribution in [3.8, 4) is 0 Å². The van der Waals surface area contributed by atoms with Gasteiger partial charge in [-0.15, -0.1) is 0 Å².